The number of hydrogen-bond acceptors (Lipinski definition) is 10. The summed E-state index contributed by atoms with van der Waals surface area (Å²) in [5.74, 6) is -4.60. The van der Waals surface area contributed by atoms with Gasteiger partial charge in [0.15, 0.2) is 0 Å². The SMILES string of the molecule is Cl.NCCCC[C@H](N)C(=O)O.NCCCC[C@H](N)C(=O)O.O=C([O-])CCC(=O)[O-].[Na+].[Na+]. The summed E-state index contributed by atoms with van der Waals surface area (Å²) in [6, 6.07) is -1.43. The molecule has 0 rings (SSSR count). The molecule has 174 valence electrons. The molecule has 15 heteroatoms. The summed E-state index contributed by atoms with van der Waals surface area (Å²) in [4.78, 5) is 39.3. The number of carbonyl (C=O) groups excluding carboxylic acids is 2. The molecule has 0 bridgehead atoms. The predicted octanol–water partition coefficient (Wildman–Crippen LogP) is -9.25. The number of halogens is 1. The van der Waals surface area contributed by atoms with Crippen LogP contribution in [0.15, 0.2) is 0 Å². The Bertz CT molecular complexity index is 425. The number of carboxylic acid groups (broad SMARTS) is 4. The molecule has 10 N–H and O–H groups in total. The van der Waals surface area contributed by atoms with Crippen LogP contribution in [0.5, 0.6) is 0 Å². The number of aliphatic carboxylic acids is 4. The van der Waals surface area contributed by atoms with Crippen molar-refractivity contribution in [1.82, 2.24) is 0 Å². The van der Waals surface area contributed by atoms with Crippen molar-refractivity contribution >= 4 is 36.3 Å². The largest absolute Gasteiger partial charge is 1.00 e. The topological polar surface area (TPSA) is 259 Å². The van der Waals surface area contributed by atoms with Gasteiger partial charge in [-0.25, -0.2) is 0 Å². The van der Waals surface area contributed by atoms with Crippen molar-refractivity contribution in [1.29, 1.82) is 0 Å². The molecule has 0 aromatic rings. The maximum Gasteiger partial charge on any atom is 1.00 e. The van der Waals surface area contributed by atoms with Crippen LogP contribution >= 0.6 is 12.4 Å². The molecule has 0 unspecified atom stereocenters. The van der Waals surface area contributed by atoms with Gasteiger partial charge in [0.25, 0.3) is 0 Å². The second-order valence-electron chi connectivity index (χ2n) is 5.70. The second-order valence-corrected chi connectivity index (χ2v) is 5.70. The second kappa shape index (κ2) is 32.2. The Balaban J connectivity index is -0.0000000726. The molecule has 31 heavy (non-hydrogen) atoms. The Labute approximate surface area is 232 Å². The molecule has 12 nitrogen and oxygen atoms in total. The predicted molar refractivity (Wildman–Crippen MR) is 104 cm³/mol. The normalized spacial score (nSPS) is 10.6. The standard InChI is InChI=1S/2C6H14N2O2.C4H6O4.ClH.2Na/c2*7-4-2-1-3-5(8)6(9)10;5-3(6)1-2-4(7)8;;;/h2*5H,1-4,7-8H2,(H,9,10);1-2H2,(H,5,6)(H,7,8);1H;;/q;;;;2*+1/p-2/t2*5-;;;;/m00..../s1. The maximum absolute atomic E-state index is 10.1. The molecule has 0 radical (unpaired) electrons. The fourth-order valence-electron chi connectivity index (χ4n) is 1.47. The van der Waals surface area contributed by atoms with Crippen LogP contribution in [0.3, 0.4) is 0 Å². The first kappa shape index (κ1) is 44.6. The van der Waals surface area contributed by atoms with E-state index in [-0.39, 0.29) is 71.5 Å². The van der Waals surface area contributed by atoms with Crippen molar-refractivity contribution in [3.8, 4) is 0 Å². The molecule has 0 amide bonds. The van der Waals surface area contributed by atoms with Crippen LogP contribution in [0.2, 0.25) is 0 Å². The third-order valence-electron chi connectivity index (χ3n) is 3.11. The van der Waals surface area contributed by atoms with E-state index in [2.05, 4.69) is 0 Å². The molecular weight excluding hydrogens is 458 g/mol. The molecule has 0 saturated carbocycles. The molecule has 0 aliphatic carbocycles. The average molecular weight is 491 g/mol. The Kier molecular flexibility index (Phi) is 46.4. The van der Waals surface area contributed by atoms with Gasteiger partial charge in [0.1, 0.15) is 12.1 Å². The van der Waals surface area contributed by atoms with Crippen molar-refractivity contribution in [2.45, 2.75) is 63.5 Å². The Morgan fingerprint density at radius 3 is 1.10 bits per heavy atom. The van der Waals surface area contributed by atoms with E-state index in [9.17, 15) is 29.4 Å². The van der Waals surface area contributed by atoms with E-state index in [0.717, 1.165) is 25.7 Å². The third-order valence-corrected chi connectivity index (χ3v) is 3.11. The van der Waals surface area contributed by atoms with Crippen molar-refractivity contribution < 1.29 is 98.7 Å². The van der Waals surface area contributed by atoms with E-state index in [1.54, 1.807) is 0 Å². The number of rotatable bonds is 13. The molecular formula is C16H33ClN4Na2O8. The molecule has 2 atom stereocenters. The van der Waals surface area contributed by atoms with Crippen LogP contribution < -0.4 is 92.3 Å². The van der Waals surface area contributed by atoms with Gasteiger partial charge in [0.05, 0.1) is 0 Å². The number of unbranched alkanes of at least 4 members (excludes halogenated alkanes) is 2. The Hall–Kier alpha value is 0.0100. The van der Waals surface area contributed by atoms with E-state index in [1.165, 1.54) is 0 Å². The number of carbonyl (C=O) groups is 4. The van der Waals surface area contributed by atoms with Gasteiger partial charge in [0.2, 0.25) is 0 Å². The van der Waals surface area contributed by atoms with Crippen LogP contribution in [0.1, 0.15) is 51.4 Å². The van der Waals surface area contributed by atoms with Crippen LogP contribution in [0.4, 0.5) is 0 Å². The smallest absolute Gasteiger partial charge is 0.550 e. The Morgan fingerprint density at radius 2 is 0.935 bits per heavy atom. The summed E-state index contributed by atoms with van der Waals surface area (Å²) in [6.45, 7) is 1.21. The summed E-state index contributed by atoms with van der Waals surface area (Å²) in [7, 11) is 0. The van der Waals surface area contributed by atoms with Crippen LogP contribution in [0, 0.1) is 0 Å². The van der Waals surface area contributed by atoms with Gasteiger partial charge in [-0.2, -0.15) is 0 Å². The molecule has 0 saturated heterocycles. The van der Waals surface area contributed by atoms with Gasteiger partial charge in [-0.1, -0.05) is 12.8 Å². The average Bonchev–Trinajstić information content (AvgIpc) is 2.61. The van der Waals surface area contributed by atoms with E-state index in [1.807, 2.05) is 0 Å². The van der Waals surface area contributed by atoms with Crippen molar-refractivity contribution in [2.75, 3.05) is 13.1 Å². The van der Waals surface area contributed by atoms with Crippen LogP contribution in [-0.2, 0) is 19.2 Å². The zero-order chi connectivity index (χ0) is 22.5. The quantitative estimate of drug-likeness (QED) is 0.104. The fraction of sp³-hybridized carbons (Fsp3) is 0.750. The third kappa shape index (κ3) is 44.5. The molecule has 0 spiro atoms. The maximum atomic E-state index is 10.1. The molecule has 0 fully saturated rings. The summed E-state index contributed by atoms with van der Waals surface area (Å²) >= 11 is 0. The van der Waals surface area contributed by atoms with E-state index in [4.69, 9.17) is 33.1 Å². The van der Waals surface area contributed by atoms with Gasteiger partial charge in [-0.15, -0.1) is 12.4 Å². The molecule has 0 aromatic carbocycles. The molecule has 0 heterocycles. The van der Waals surface area contributed by atoms with E-state index in [0.29, 0.717) is 25.9 Å². The first-order valence-electron chi connectivity index (χ1n) is 8.76. The summed E-state index contributed by atoms with van der Waals surface area (Å²) in [5, 5.41) is 35.7. The fourth-order valence-corrected chi connectivity index (χ4v) is 1.47. The summed E-state index contributed by atoms with van der Waals surface area (Å²) < 4.78 is 0. The van der Waals surface area contributed by atoms with Gasteiger partial charge < -0.3 is 52.9 Å². The van der Waals surface area contributed by atoms with Gasteiger partial charge in [-0.3, -0.25) is 9.59 Å². The van der Waals surface area contributed by atoms with Crippen molar-refractivity contribution in [3.63, 3.8) is 0 Å². The van der Waals surface area contributed by atoms with Crippen molar-refractivity contribution in [2.24, 2.45) is 22.9 Å². The minimum absolute atomic E-state index is 0. The number of nitrogens with two attached hydrogens (primary N) is 4. The zero-order valence-electron chi connectivity index (χ0n) is 18.3. The van der Waals surface area contributed by atoms with E-state index >= 15 is 0 Å². The monoisotopic (exact) mass is 490 g/mol. The number of carboxylic acids is 4. The van der Waals surface area contributed by atoms with Gasteiger partial charge in [-0.05, 0) is 51.6 Å². The zero-order valence-corrected chi connectivity index (χ0v) is 23.1. The van der Waals surface area contributed by atoms with Gasteiger partial charge in [0, 0.05) is 11.9 Å². The summed E-state index contributed by atoms with van der Waals surface area (Å²) in [6.07, 6.45) is 3.39. The summed E-state index contributed by atoms with van der Waals surface area (Å²) in [5.41, 5.74) is 20.8. The minimum Gasteiger partial charge on any atom is -0.550 e. The molecule has 0 aliphatic rings. The first-order valence-corrected chi connectivity index (χ1v) is 8.76. The molecule has 0 aromatic heterocycles. The minimum atomic E-state index is -1.37. The first-order chi connectivity index (χ1) is 13.0. The number of hydrogen-bond donors (Lipinski definition) is 6. The van der Waals surface area contributed by atoms with E-state index < -0.39 is 48.8 Å². The van der Waals surface area contributed by atoms with Crippen LogP contribution in [0.25, 0.3) is 0 Å². The van der Waals surface area contributed by atoms with Gasteiger partial charge >= 0.3 is 71.1 Å². The van der Waals surface area contributed by atoms with Crippen molar-refractivity contribution in [3.05, 3.63) is 0 Å². The molecule has 0 aliphatic heterocycles. The Morgan fingerprint density at radius 1 is 0.677 bits per heavy atom. The van der Waals surface area contributed by atoms with Crippen LogP contribution in [-0.4, -0.2) is 59.3 Å².